The van der Waals surface area contributed by atoms with Crippen LogP contribution in [0.3, 0.4) is 0 Å². The maximum atomic E-state index is 11.9. The standard InChI is InChI=1S/C16H14O2/c1-12-7-9-14(10-8-12)16(18)15(17)11-13-5-3-2-4-6-13/h2-11,17H,1H3. The maximum absolute atomic E-state index is 11.9. The van der Waals surface area contributed by atoms with Gasteiger partial charge in [0.15, 0.2) is 5.76 Å². The van der Waals surface area contributed by atoms with Crippen molar-refractivity contribution in [3.05, 3.63) is 77.0 Å². The summed E-state index contributed by atoms with van der Waals surface area (Å²) in [6, 6.07) is 16.4. The summed E-state index contributed by atoms with van der Waals surface area (Å²) in [5.74, 6) is -0.607. The van der Waals surface area contributed by atoms with Crippen molar-refractivity contribution in [3.63, 3.8) is 0 Å². The average molecular weight is 238 g/mol. The maximum Gasteiger partial charge on any atom is 0.227 e. The zero-order valence-electron chi connectivity index (χ0n) is 10.1. The summed E-state index contributed by atoms with van der Waals surface area (Å²) in [6.07, 6.45) is 1.47. The van der Waals surface area contributed by atoms with E-state index in [1.54, 1.807) is 12.1 Å². The van der Waals surface area contributed by atoms with Gasteiger partial charge in [0.2, 0.25) is 5.78 Å². The van der Waals surface area contributed by atoms with E-state index in [0.29, 0.717) is 5.56 Å². The second-order valence-electron chi connectivity index (χ2n) is 4.14. The number of rotatable bonds is 3. The molecule has 90 valence electrons. The number of carbonyl (C=O) groups is 1. The molecular weight excluding hydrogens is 224 g/mol. The van der Waals surface area contributed by atoms with Crippen molar-refractivity contribution in [1.82, 2.24) is 0 Å². The third-order valence-electron chi connectivity index (χ3n) is 2.65. The van der Waals surface area contributed by atoms with Gasteiger partial charge in [0.25, 0.3) is 0 Å². The van der Waals surface area contributed by atoms with Crippen LogP contribution < -0.4 is 0 Å². The van der Waals surface area contributed by atoms with E-state index in [2.05, 4.69) is 0 Å². The van der Waals surface area contributed by atoms with Crippen LogP contribution in [0.15, 0.2) is 60.4 Å². The number of ketones is 1. The van der Waals surface area contributed by atoms with Crippen LogP contribution in [0.25, 0.3) is 6.08 Å². The quantitative estimate of drug-likeness (QED) is 0.502. The van der Waals surface area contributed by atoms with E-state index < -0.39 is 0 Å². The number of allylic oxidation sites excluding steroid dienone is 1. The summed E-state index contributed by atoms with van der Waals surface area (Å²) in [7, 11) is 0. The first-order valence-electron chi connectivity index (χ1n) is 5.74. The van der Waals surface area contributed by atoms with Crippen LogP contribution in [-0.2, 0) is 0 Å². The third kappa shape index (κ3) is 2.86. The number of aliphatic hydroxyl groups is 1. The van der Waals surface area contributed by atoms with Crippen LogP contribution in [0, 0.1) is 6.92 Å². The van der Waals surface area contributed by atoms with E-state index in [-0.39, 0.29) is 11.5 Å². The molecule has 0 fully saturated rings. The second kappa shape index (κ2) is 5.32. The highest BCUT2D eigenvalue weighted by atomic mass is 16.3. The first kappa shape index (κ1) is 12.1. The van der Waals surface area contributed by atoms with Gasteiger partial charge in [-0.2, -0.15) is 0 Å². The predicted octanol–water partition coefficient (Wildman–Crippen LogP) is 3.78. The molecule has 2 nitrogen and oxygen atoms in total. The molecule has 18 heavy (non-hydrogen) atoms. The van der Waals surface area contributed by atoms with E-state index >= 15 is 0 Å². The average Bonchev–Trinajstić information content (AvgIpc) is 2.40. The Morgan fingerprint density at radius 1 is 1.00 bits per heavy atom. The Balaban J connectivity index is 2.24. The highest BCUT2D eigenvalue weighted by Crippen LogP contribution is 2.11. The molecule has 1 N–H and O–H groups in total. The molecule has 2 rings (SSSR count). The van der Waals surface area contributed by atoms with Gasteiger partial charge in [-0.25, -0.2) is 0 Å². The van der Waals surface area contributed by atoms with Crippen LogP contribution in [0.5, 0.6) is 0 Å². The van der Waals surface area contributed by atoms with Crippen LogP contribution in [0.2, 0.25) is 0 Å². The van der Waals surface area contributed by atoms with Crippen molar-refractivity contribution in [3.8, 4) is 0 Å². The lowest BCUT2D eigenvalue weighted by molar-refractivity contribution is 0.0980. The molecule has 2 heteroatoms. The number of Topliss-reactive ketones (excluding diaryl/α,β-unsaturated/α-hetero) is 1. The molecule has 0 spiro atoms. The molecule has 0 saturated heterocycles. The number of hydrogen-bond donors (Lipinski definition) is 1. The Labute approximate surface area is 106 Å². The van der Waals surface area contributed by atoms with Crippen LogP contribution in [0.4, 0.5) is 0 Å². The molecule has 0 heterocycles. The Kier molecular flexibility index (Phi) is 3.58. The van der Waals surface area contributed by atoms with Gasteiger partial charge < -0.3 is 5.11 Å². The van der Waals surface area contributed by atoms with Crippen molar-refractivity contribution in [2.75, 3.05) is 0 Å². The first-order chi connectivity index (χ1) is 8.66. The van der Waals surface area contributed by atoms with Gasteiger partial charge >= 0.3 is 0 Å². The SMILES string of the molecule is Cc1ccc(C(=O)C(O)=Cc2ccccc2)cc1. The summed E-state index contributed by atoms with van der Waals surface area (Å²) in [6.45, 7) is 1.95. The highest BCUT2D eigenvalue weighted by Gasteiger charge is 2.10. The lowest BCUT2D eigenvalue weighted by Crippen LogP contribution is -2.02. The summed E-state index contributed by atoms with van der Waals surface area (Å²) in [5.41, 5.74) is 2.37. The largest absolute Gasteiger partial charge is 0.504 e. The van der Waals surface area contributed by atoms with E-state index in [4.69, 9.17) is 0 Å². The molecule has 0 aliphatic rings. The Morgan fingerprint density at radius 3 is 2.22 bits per heavy atom. The third-order valence-corrected chi connectivity index (χ3v) is 2.65. The summed E-state index contributed by atoms with van der Waals surface area (Å²) in [4.78, 5) is 11.9. The summed E-state index contributed by atoms with van der Waals surface area (Å²) >= 11 is 0. The van der Waals surface area contributed by atoms with Gasteiger partial charge in [0, 0.05) is 5.56 Å². The van der Waals surface area contributed by atoms with Crippen molar-refractivity contribution >= 4 is 11.9 Å². The van der Waals surface area contributed by atoms with Crippen LogP contribution in [-0.4, -0.2) is 10.9 Å². The second-order valence-corrected chi connectivity index (χ2v) is 4.14. The predicted molar refractivity (Wildman–Crippen MR) is 72.6 cm³/mol. The smallest absolute Gasteiger partial charge is 0.227 e. The first-order valence-corrected chi connectivity index (χ1v) is 5.74. The molecular formula is C16H14O2. The minimum atomic E-state index is -0.362. The lowest BCUT2D eigenvalue weighted by Gasteiger charge is -2.01. The highest BCUT2D eigenvalue weighted by molar-refractivity contribution is 6.09. The van der Waals surface area contributed by atoms with E-state index in [1.807, 2.05) is 49.4 Å². The molecule has 0 amide bonds. The summed E-state index contributed by atoms with van der Waals surface area (Å²) in [5, 5.41) is 9.81. The minimum absolute atomic E-state index is 0.245. The number of aryl methyl sites for hydroxylation is 1. The minimum Gasteiger partial charge on any atom is -0.504 e. The fourth-order valence-electron chi connectivity index (χ4n) is 1.63. The summed E-state index contributed by atoms with van der Waals surface area (Å²) < 4.78 is 0. The number of aliphatic hydroxyl groups excluding tert-OH is 1. The molecule has 0 radical (unpaired) electrons. The van der Waals surface area contributed by atoms with Crippen molar-refractivity contribution < 1.29 is 9.90 Å². The number of carbonyl (C=O) groups excluding carboxylic acids is 1. The van der Waals surface area contributed by atoms with Crippen molar-refractivity contribution in [1.29, 1.82) is 0 Å². The van der Waals surface area contributed by atoms with Gasteiger partial charge in [-0.05, 0) is 18.6 Å². The zero-order chi connectivity index (χ0) is 13.0. The van der Waals surface area contributed by atoms with Gasteiger partial charge in [-0.3, -0.25) is 4.79 Å². The van der Waals surface area contributed by atoms with Gasteiger partial charge in [-0.15, -0.1) is 0 Å². The molecule has 0 aliphatic heterocycles. The van der Waals surface area contributed by atoms with E-state index in [0.717, 1.165) is 11.1 Å². The lowest BCUT2D eigenvalue weighted by atomic mass is 10.1. The van der Waals surface area contributed by atoms with Crippen molar-refractivity contribution in [2.45, 2.75) is 6.92 Å². The topological polar surface area (TPSA) is 37.3 Å². The Bertz CT molecular complexity index is 566. The number of hydrogen-bond acceptors (Lipinski definition) is 2. The molecule has 0 bridgehead atoms. The van der Waals surface area contributed by atoms with Crippen LogP contribution in [0.1, 0.15) is 21.5 Å². The van der Waals surface area contributed by atoms with E-state index in [9.17, 15) is 9.90 Å². The van der Waals surface area contributed by atoms with Crippen molar-refractivity contribution in [2.24, 2.45) is 0 Å². The molecule has 2 aromatic rings. The molecule has 0 saturated carbocycles. The van der Waals surface area contributed by atoms with Crippen LogP contribution >= 0.6 is 0 Å². The molecule has 0 aliphatic carbocycles. The molecule has 2 aromatic carbocycles. The zero-order valence-corrected chi connectivity index (χ0v) is 10.1. The van der Waals surface area contributed by atoms with Gasteiger partial charge in [0.05, 0.1) is 0 Å². The molecule has 0 aromatic heterocycles. The monoisotopic (exact) mass is 238 g/mol. The molecule has 0 unspecified atom stereocenters. The molecule has 0 atom stereocenters. The normalized spacial score (nSPS) is 11.3. The fraction of sp³-hybridized carbons (Fsp3) is 0.0625. The Morgan fingerprint density at radius 2 is 1.61 bits per heavy atom. The Hall–Kier alpha value is -2.35. The fourth-order valence-corrected chi connectivity index (χ4v) is 1.63. The van der Waals surface area contributed by atoms with Gasteiger partial charge in [0.1, 0.15) is 0 Å². The van der Waals surface area contributed by atoms with Gasteiger partial charge in [-0.1, -0.05) is 60.2 Å². The number of benzene rings is 2. The van der Waals surface area contributed by atoms with E-state index in [1.165, 1.54) is 6.08 Å².